The summed E-state index contributed by atoms with van der Waals surface area (Å²) >= 11 is 0. The molecule has 1 atom stereocenters. The lowest BCUT2D eigenvalue weighted by Crippen LogP contribution is -2.22. The monoisotopic (exact) mass is 290 g/mol. The molecule has 1 aromatic carbocycles. The number of benzene rings is 1. The number of rotatable bonds is 3. The second-order valence-corrected chi connectivity index (χ2v) is 6.15. The minimum absolute atomic E-state index is 0.181. The van der Waals surface area contributed by atoms with Crippen LogP contribution in [0.2, 0.25) is 0 Å². The zero-order valence-electron chi connectivity index (χ0n) is 12.2. The Morgan fingerprint density at radius 3 is 1.75 bits per heavy atom. The van der Waals surface area contributed by atoms with E-state index in [0.717, 1.165) is 6.92 Å². The van der Waals surface area contributed by atoms with Gasteiger partial charge >= 0.3 is 0 Å². The molecule has 112 valence electrons. The molecule has 1 rings (SSSR count). The molecule has 5 heteroatoms. The summed E-state index contributed by atoms with van der Waals surface area (Å²) in [6, 6.07) is 0. The summed E-state index contributed by atoms with van der Waals surface area (Å²) in [5.74, 6) is -7.40. The Labute approximate surface area is 116 Å². The fourth-order valence-corrected chi connectivity index (χ4v) is 1.67. The molecule has 1 nitrogen and oxygen atoms in total. The van der Waals surface area contributed by atoms with Crippen LogP contribution in [-0.4, -0.2) is 5.78 Å². The van der Waals surface area contributed by atoms with Crippen molar-refractivity contribution in [3.8, 4) is 0 Å². The number of Topliss-reactive ketones (excluding diaryl/α,β-unsaturated/α-hetero) is 1. The Bertz CT molecular complexity index is 515. The van der Waals surface area contributed by atoms with Gasteiger partial charge in [0.1, 0.15) is 0 Å². The van der Waals surface area contributed by atoms with E-state index in [4.69, 9.17) is 0 Å². The highest BCUT2D eigenvalue weighted by atomic mass is 19.2. The van der Waals surface area contributed by atoms with Gasteiger partial charge in [-0.2, -0.15) is 0 Å². The Morgan fingerprint density at radius 2 is 1.40 bits per heavy atom. The van der Waals surface area contributed by atoms with Crippen LogP contribution < -0.4 is 0 Å². The highest BCUT2D eigenvalue weighted by molar-refractivity contribution is 5.97. The SMILES string of the molecule is Cc1c(F)c(F)c(C(=O)CC(C)C(C)(C)C)c(F)c1F. The molecule has 1 unspecified atom stereocenters. The van der Waals surface area contributed by atoms with Crippen LogP contribution in [-0.2, 0) is 0 Å². The maximum atomic E-state index is 13.7. The van der Waals surface area contributed by atoms with Crippen LogP contribution in [0.1, 0.15) is 50.0 Å². The van der Waals surface area contributed by atoms with Crippen LogP contribution in [0.3, 0.4) is 0 Å². The standard InChI is InChI=1S/C15H18F4O/c1-7(15(3,4)5)6-9(20)10-13(18)11(16)8(2)12(17)14(10)19/h7H,6H2,1-5H3. The number of halogens is 4. The molecule has 0 saturated carbocycles. The molecule has 0 aliphatic rings. The topological polar surface area (TPSA) is 17.1 Å². The fraction of sp³-hybridized carbons (Fsp3) is 0.533. The largest absolute Gasteiger partial charge is 0.294 e. The van der Waals surface area contributed by atoms with Crippen LogP contribution in [0.5, 0.6) is 0 Å². The lowest BCUT2D eigenvalue weighted by Gasteiger charge is -2.26. The van der Waals surface area contributed by atoms with Crippen LogP contribution in [0.25, 0.3) is 0 Å². The highest BCUT2D eigenvalue weighted by Crippen LogP contribution is 2.31. The quantitative estimate of drug-likeness (QED) is 0.443. The predicted octanol–water partition coefficient (Wildman–Crippen LogP) is 4.81. The smallest absolute Gasteiger partial charge is 0.173 e. The second kappa shape index (κ2) is 5.54. The average molecular weight is 290 g/mol. The first-order chi connectivity index (χ1) is 8.98. The summed E-state index contributed by atoms with van der Waals surface area (Å²) in [7, 11) is 0. The van der Waals surface area contributed by atoms with E-state index < -0.39 is 40.2 Å². The third-order valence-corrected chi connectivity index (χ3v) is 3.73. The van der Waals surface area contributed by atoms with Crippen LogP contribution in [0.15, 0.2) is 0 Å². The van der Waals surface area contributed by atoms with Crippen molar-refractivity contribution in [2.45, 2.75) is 41.0 Å². The van der Waals surface area contributed by atoms with Crippen molar-refractivity contribution >= 4 is 5.78 Å². The fourth-order valence-electron chi connectivity index (χ4n) is 1.67. The third kappa shape index (κ3) is 3.02. The zero-order valence-corrected chi connectivity index (χ0v) is 12.2. The summed E-state index contributed by atoms with van der Waals surface area (Å²) in [5, 5.41) is 0. The summed E-state index contributed by atoms with van der Waals surface area (Å²) in [6.45, 7) is 8.27. The van der Waals surface area contributed by atoms with Gasteiger partial charge in [0.05, 0.1) is 5.56 Å². The van der Waals surface area contributed by atoms with E-state index in [9.17, 15) is 22.4 Å². The van der Waals surface area contributed by atoms with Gasteiger partial charge < -0.3 is 0 Å². The van der Waals surface area contributed by atoms with E-state index in [-0.39, 0.29) is 17.8 Å². The molecule has 1 aromatic rings. The van der Waals surface area contributed by atoms with Gasteiger partial charge in [-0.3, -0.25) is 4.79 Å². The van der Waals surface area contributed by atoms with E-state index in [1.165, 1.54) is 0 Å². The van der Waals surface area contributed by atoms with Crippen molar-refractivity contribution in [1.82, 2.24) is 0 Å². The van der Waals surface area contributed by atoms with Crippen molar-refractivity contribution in [3.05, 3.63) is 34.4 Å². The molecular weight excluding hydrogens is 272 g/mol. The van der Waals surface area contributed by atoms with Crippen LogP contribution in [0, 0.1) is 41.5 Å². The second-order valence-electron chi connectivity index (χ2n) is 6.15. The number of hydrogen-bond donors (Lipinski definition) is 0. The molecule has 0 N–H and O–H groups in total. The van der Waals surface area contributed by atoms with Crippen molar-refractivity contribution in [2.75, 3.05) is 0 Å². The molecule has 0 fully saturated rings. The van der Waals surface area contributed by atoms with Gasteiger partial charge in [0.25, 0.3) is 0 Å². The Balaban J connectivity index is 3.25. The molecule has 0 saturated heterocycles. The summed E-state index contributed by atoms with van der Waals surface area (Å²) < 4.78 is 54.3. The van der Waals surface area contributed by atoms with Crippen molar-refractivity contribution < 1.29 is 22.4 Å². The van der Waals surface area contributed by atoms with Gasteiger partial charge in [-0.1, -0.05) is 27.7 Å². The van der Waals surface area contributed by atoms with E-state index in [2.05, 4.69) is 0 Å². The number of ketones is 1. The van der Waals surface area contributed by atoms with E-state index in [0.29, 0.717) is 0 Å². The molecule has 20 heavy (non-hydrogen) atoms. The van der Waals surface area contributed by atoms with Crippen LogP contribution in [0.4, 0.5) is 17.6 Å². The number of carbonyl (C=O) groups is 1. The number of hydrogen-bond acceptors (Lipinski definition) is 1. The molecule has 0 aliphatic carbocycles. The van der Waals surface area contributed by atoms with Gasteiger partial charge in [-0.25, -0.2) is 17.6 Å². The van der Waals surface area contributed by atoms with Gasteiger partial charge in [0.2, 0.25) is 0 Å². The first-order valence-corrected chi connectivity index (χ1v) is 6.34. The number of carbonyl (C=O) groups excluding carboxylic acids is 1. The highest BCUT2D eigenvalue weighted by Gasteiger charge is 2.30. The van der Waals surface area contributed by atoms with Gasteiger partial charge in [0, 0.05) is 12.0 Å². The van der Waals surface area contributed by atoms with Gasteiger partial charge in [-0.05, 0) is 18.3 Å². The molecule has 0 aliphatic heterocycles. The van der Waals surface area contributed by atoms with Gasteiger partial charge in [-0.15, -0.1) is 0 Å². The average Bonchev–Trinajstić information content (AvgIpc) is 2.33. The maximum absolute atomic E-state index is 13.7. The zero-order chi connectivity index (χ0) is 15.8. The minimum Gasteiger partial charge on any atom is -0.294 e. The van der Waals surface area contributed by atoms with Crippen molar-refractivity contribution in [2.24, 2.45) is 11.3 Å². The molecule has 0 radical (unpaired) electrons. The Kier molecular flexibility index (Phi) is 4.62. The lowest BCUT2D eigenvalue weighted by molar-refractivity contribution is 0.0916. The van der Waals surface area contributed by atoms with E-state index in [1.54, 1.807) is 6.92 Å². The first kappa shape index (κ1) is 16.7. The predicted molar refractivity (Wildman–Crippen MR) is 68.6 cm³/mol. The van der Waals surface area contributed by atoms with Crippen molar-refractivity contribution in [1.29, 1.82) is 0 Å². The summed E-state index contributed by atoms with van der Waals surface area (Å²) in [5.41, 5.74) is -2.15. The Hall–Kier alpha value is -1.39. The molecule has 0 bridgehead atoms. The molecule has 0 aromatic heterocycles. The van der Waals surface area contributed by atoms with E-state index >= 15 is 0 Å². The third-order valence-electron chi connectivity index (χ3n) is 3.73. The summed E-state index contributed by atoms with van der Waals surface area (Å²) in [4.78, 5) is 11.9. The molecule has 0 amide bonds. The molecule has 0 heterocycles. The van der Waals surface area contributed by atoms with E-state index in [1.807, 2.05) is 20.8 Å². The molecular formula is C15H18F4O. The Morgan fingerprint density at radius 1 is 1.00 bits per heavy atom. The molecule has 0 spiro atoms. The van der Waals surface area contributed by atoms with Crippen LogP contribution >= 0.6 is 0 Å². The first-order valence-electron chi connectivity index (χ1n) is 6.34. The normalized spacial score (nSPS) is 13.4. The van der Waals surface area contributed by atoms with Crippen molar-refractivity contribution in [3.63, 3.8) is 0 Å². The van der Waals surface area contributed by atoms with Gasteiger partial charge in [0.15, 0.2) is 29.1 Å². The minimum atomic E-state index is -1.62. The maximum Gasteiger partial charge on any atom is 0.173 e. The summed E-state index contributed by atoms with van der Waals surface area (Å²) in [6.07, 6.45) is -0.181. The lowest BCUT2D eigenvalue weighted by atomic mass is 9.78.